The predicted octanol–water partition coefficient (Wildman–Crippen LogP) is 2.14. The minimum absolute atomic E-state index is 0.161. The minimum Gasteiger partial charge on any atom is -0.334 e. The van der Waals surface area contributed by atoms with E-state index in [0.717, 1.165) is 0 Å². The van der Waals surface area contributed by atoms with Crippen LogP contribution in [0, 0.1) is 5.82 Å². The Morgan fingerprint density at radius 3 is 2.94 bits per heavy atom. The minimum atomic E-state index is -0.405. The van der Waals surface area contributed by atoms with Crippen LogP contribution in [-0.4, -0.2) is 16.7 Å². The lowest BCUT2D eigenvalue weighted by molar-refractivity contribution is 0.420. The van der Waals surface area contributed by atoms with Crippen LogP contribution in [0.1, 0.15) is 5.82 Å². The third-order valence-electron chi connectivity index (χ3n) is 2.01. The van der Waals surface area contributed by atoms with Gasteiger partial charge in [0.05, 0.1) is 5.56 Å². The number of hydrogen-bond acceptors (Lipinski definition) is 4. The normalized spacial score (nSPS) is 10.7. The van der Waals surface area contributed by atoms with Crippen LogP contribution in [0.4, 0.5) is 4.39 Å². The Morgan fingerprint density at radius 1 is 1.44 bits per heavy atom. The van der Waals surface area contributed by atoms with Crippen LogP contribution in [0.2, 0.25) is 0 Å². The standard InChI is InChI=1S/C10H9BrFN3O/c11-6-2-1-3-7(12)9(6)10-14-8(4-5-13)15-16-10/h1-3H,4-5,13H2. The molecule has 0 spiro atoms. The molecule has 6 heteroatoms. The van der Waals surface area contributed by atoms with E-state index in [0.29, 0.717) is 23.3 Å². The summed E-state index contributed by atoms with van der Waals surface area (Å²) in [6, 6.07) is 4.65. The van der Waals surface area contributed by atoms with Crippen molar-refractivity contribution in [2.45, 2.75) is 6.42 Å². The molecule has 2 N–H and O–H groups in total. The Bertz CT molecular complexity index is 480. The van der Waals surface area contributed by atoms with Crippen molar-refractivity contribution in [1.82, 2.24) is 10.1 Å². The maximum Gasteiger partial charge on any atom is 0.262 e. The first-order valence-corrected chi connectivity index (χ1v) is 5.48. The highest BCUT2D eigenvalue weighted by atomic mass is 79.9. The molecular formula is C10H9BrFN3O. The number of nitrogens with zero attached hydrogens (tertiary/aromatic N) is 2. The lowest BCUT2D eigenvalue weighted by Crippen LogP contribution is -2.03. The van der Waals surface area contributed by atoms with Crippen LogP contribution in [0.3, 0.4) is 0 Å². The van der Waals surface area contributed by atoms with E-state index in [1.807, 2.05) is 0 Å². The molecule has 0 aliphatic rings. The molecule has 2 rings (SSSR count). The van der Waals surface area contributed by atoms with E-state index in [2.05, 4.69) is 26.1 Å². The molecule has 1 aromatic carbocycles. The summed E-state index contributed by atoms with van der Waals surface area (Å²) in [5.74, 6) is 0.235. The Labute approximate surface area is 99.8 Å². The van der Waals surface area contributed by atoms with Gasteiger partial charge in [-0.25, -0.2) is 4.39 Å². The summed E-state index contributed by atoms with van der Waals surface area (Å²) in [6.07, 6.45) is 0.509. The third kappa shape index (κ3) is 2.12. The van der Waals surface area contributed by atoms with Crippen LogP contribution in [0.5, 0.6) is 0 Å². The summed E-state index contributed by atoms with van der Waals surface area (Å²) < 4.78 is 19.1. The number of benzene rings is 1. The van der Waals surface area contributed by atoms with Gasteiger partial charge in [-0.3, -0.25) is 0 Å². The first-order chi connectivity index (χ1) is 7.72. The van der Waals surface area contributed by atoms with Gasteiger partial charge in [-0.05, 0) is 34.6 Å². The lowest BCUT2D eigenvalue weighted by atomic mass is 10.2. The van der Waals surface area contributed by atoms with E-state index in [1.165, 1.54) is 6.07 Å². The zero-order chi connectivity index (χ0) is 11.5. The van der Waals surface area contributed by atoms with Gasteiger partial charge in [-0.2, -0.15) is 4.98 Å². The van der Waals surface area contributed by atoms with Crippen molar-refractivity contribution in [1.29, 1.82) is 0 Å². The summed E-state index contributed by atoms with van der Waals surface area (Å²) in [6.45, 7) is 0.428. The molecule has 1 aromatic heterocycles. The van der Waals surface area contributed by atoms with Gasteiger partial charge in [-0.15, -0.1) is 0 Å². The SMILES string of the molecule is NCCc1noc(-c2c(F)cccc2Br)n1. The molecular weight excluding hydrogens is 277 g/mol. The van der Waals surface area contributed by atoms with Crippen LogP contribution < -0.4 is 5.73 Å². The van der Waals surface area contributed by atoms with Crippen molar-refractivity contribution in [2.24, 2.45) is 5.73 Å². The number of nitrogens with two attached hydrogens (primary N) is 1. The second-order valence-corrected chi connectivity index (χ2v) is 4.01. The smallest absolute Gasteiger partial charge is 0.262 e. The quantitative estimate of drug-likeness (QED) is 0.938. The van der Waals surface area contributed by atoms with Gasteiger partial charge in [0, 0.05) is 10.9 Å². The Kier molecular flexibility index (Phi) is 3.31. The second-order valence-electron chi connectivity index (χ2n) is 3.15. The van der Waals surface area contributed by atoms with Crippen molar-refractivity contribution in [2.75, 3.05) is 6.54 Å². The van der Waals surface area contributed by atoms with Crippen LogP contribution in [0.25, 0.3) is 11.5 Å². The van der Waals surface area contributed by atoms with E-state index >= 15 is 0 Å². The fourth-order valence-electron chi connectivity index (χ4n) is 1.29. The first-order valence-electron chi connectivity index (χ1n) is 4.69. The van der Waals surface area contributed by atoms with Crippen molar-refractivity contribution >= 4 is 15.9 Å². The van der Waals surface area contributed by atoms with E-state index in [1.54, 1.807) is 12.1 Å². The van der Waals surface area contributed by atoms with Gasteiger partial charge < -0.3 is 10.3 Å². The average molecular weight is 286 g/mol. The van der Waals surface area contributed by atoms with Crippen molar-refractivity contribution in [3.63, 3.8) is 0 Å². The third-order valence-corrected chi connectivity index (χ3v) is 2.67. The highest BCUT2D eigenvalue weighted by Gasteiger charge is 2.15. The van der Waals surface area contributed by atoms with Gasteiger partial charge >= 0.3 is 0 Å². The molecule has 0 unspecified atom stereocenters. The molecule has 16 heavy (non-hydrogen) atoms. The number of rotatable bonds is 3. The fraction of sp³-hybridized carbons (Fsp3) is 0.200. The second kappa shape index (κ2) is 4.71. The van der Waals surface area contributed by atoms with Crippen molar-refractivity contribution < 1.29 is 8.91 Å². The molecule has 1 heterocycles. The maximum absolute atomic E-state index is 13.5. The molecule has 0 saturated heterocycles. The van der Waals surface area contributed by atoms with E-state index in [4.69, 9.17) is 10.3 Å². The molecule has 0 radical (unpaired) electrons. The van der Waals surface area contributed by atoms with Gasteiger partial charge in [0.15, 0.2) is 5.82 Å². The Morgan fingerprint density at radius 2 is 2.25 bits per heavy atom. The fourth-order valence-corrected chi connectivity index (χ4v) is 1.80. The molecule has 84 valence electrons. The largest absolute Gasteiger partial charge is 0.334 e. The van der Waals surface area contributed by atoms with E-state index < -0.39 is 5.82 Å². The molecule has 0 atom stereocenters. The van der Waals surface area contributed by atoms with Gasteiger partial charge in [-0.1, -0.05) is 11.2 Å². The maximum atomic E-state index is 13.5. The van der Waals surface area contributed by atoms with Crippen LogP contribution >= 0.6 is 15.9 Å². The number of halogens is 2. The van der Waals surface area contributed by atoms with Gasteiger partial charge in [0.25, 0.3) is 5.89 Å². The first kappa shape index (κ1) is 11.2. The number of aromatic nitrogens is 2. The zero-order valence-corrected chi connectivity index (χ0v) is 9.87. The predicted molar refractivity (Wildman–Crippen MR) is 60.2 cm³/mol. The summed E-state index contributed by atoms with van der Waals surface area (Å²) >= 11 is 3.24. The molecule has 0 bridgehead atoms. The average Bonchev–Trinajstić information content (AvgIpc) is 2.67. The van der Waals surface area contributed by atoms with Crippen LogP contribution in [-0.2, 0) is 6.42 Å². The summed E-state index contributed by atoms with van der Waals surface area (Å²) in [7, 11) is 0. The van der Waals surface area contributed by atoms with Crippen LogP contribution in [0.15, 0.2) is 27.2 Å². The monoisotopic (exact) mass is 285 g/mol. The lowest BCUT2D eigenvalue weighted by Gasteiger charge is -1.99. The molecule has 2 aromatic rings. The van der Waals surface area contributed by atoms with Gasteiger partial charge in [0.1, 0.15) is 5.82 Å². The van der Waals surface area contributed by atoms with E-state index in [9.17, 15) is 4.39 Å². The highest BCUT2D eigenvalue weighted by Crippen LogP contribution is 2.29. The topological polar surface area (TPSA) is 64.9 Å². The molecule has 4 nitrogen and oxygen atoms in total. The summed E-state index contributed by atoms with van der Waals surface area (Å²) in [4.78, 5) is 4.06. The van der Waals surface area contributed by atoms with Crippen molar-refractivity contribution in [3.05, 3.63) is 34.3 Å². The summed E-state index contributed by atoms with van der Waals surface area (Å²) in [5, 5.41) is 3.71. The number of hydrogen-bond donors (Lipinski definition) is 1. The summed E-state index contributed by atoms with van der Waals surface area (Å²) in [5.41, 5.74) is 5.64. The molecule has 0 amide bonds. The Hall–Kier alpha value is -1.27. The van der Waals surface area contributed by atoms with Crippen molar-refractivity contribution in [3.8, 4) is 11.5 Å². The molecule has 0 fully saturated rings. The highest BCUT2D eigenvalue weighted by molar-refractivity contribution is 9.10. The molecule has 0 aliphatic carbocycles. The Balaban J connectivity index is 2.42. The zero-order valence-electron chi connectivity index (χ0n) is 8.28. The van der Waals surface area contributed by atoms with Gasteiger partial charge in [0.2, 0.25) is 0 Å². The molecule has 0 saturated carbocycles. The molecule has 0 aliphatic heterocycles. The van der Waals surface area contributed by atoms with E-state index in [-0.39, 0.29) is 11.5 Å².